The molecule has 0 spiro atoms. The van der Waals surface area contributed by atoms with Crippen LogP contribution in [0.15, 0.2) is 91.0 Å². The number of halogens is 1. The van der Waals surface area contributed by atoms with Gasteiger partial charge in [-0.2, -0.15) is 0 Å². The molecule has 1 aliphatic heterocycles. The smallest absolute Gasteiger partial charge is 0.128 e. The van der Waals surface area contributed by atoms with E-state index in [0.29, 0.717) is 6.61 Å². The maximum Gasteiger partial charge on any atom is 0.128 e. The van der Waals surface area contributed by atoms with Gasteiger partial charge < -0.3 is 17.0 Å². The van der Waals surface area contributed by atoms with E-state index in [-0.39, 0.29) is 23.1 Å². The van der Waals surface area contributed by atoms with Crippen molar-refractivity contribution in [2.75, 3.05) is 12.8 Å². The molecular formula is C23H24BrO2P. The van der Waals surface area contributed by atoms with Gasteiger partial charge in [-0.25, -0.2) is 9.78 Å². The Morgan fingerprint density at radius 1 is 0.704 bits per heavy atom. The summed E-state index contributed by atoms with van der Waals surface area (Å²) >= 11 is 0. The number of rotatable bonds is 5. The van der Waals surface area contributed by atoms with E-state index in [4.69, 9.17) is 9.78 Å². The summed E-state index contributed by atoms with van der Waals surface area (Å²) in [5.74, 6) is 0. The molecule has 0 saturated carbocycles. The molecule has 0 N–H and O–H groups in total. The predicted octanol–water partition coefficient (Wildman–Crippen LogP) is 1.10. The van der Waals surface area contributed by atoms with Gasteiger partial charge in [-0.3, -0.25) is 0 Å². The molecule has 0 amide bonds. The van der Waals surface area contributed by atoms with Crippen LogP contribution >= 0.6 is 7.26 Å². The molecule has 0 bridgehead atoms. The molecule has 0 aromatic heterocycles. The first kappa shape index (κ1) is 20.2. The zero-order chi connectivity index (χ0) is 17.7. The summed E-state index contributed by atoms with van der Waals surface area (Å²) in [4.78, 5) is 11.1. The molecule has 0 aliphatic carbocycles. The Morgan fingerprint density at radius 3 is 1.52 bits per heavy atom. The molecule has 1 aliphatic rings. The summed E-state index contributed by atoms with van der Waals surface area (Å²) in [6, 6.07) is 32.8. The van der Waals surface area contributed by atoms with Crippen molar-refractivity contribution < 1.29 is 26.8 Å². The Bertz CT molecular complexity index is 709. The lowest BCUT2D eigenvalue weighted by Crippen LogP contribution is -3.00. The van der Waals surface area contributed by atoms with Crippen molar-refractivity contribution in [1.29, 1.82) is 0 Å². The van der Waals surface area contributed by atoms with Crippen molar-refractivity contribution in [3.05, 3.63) is 91.0 Å². The van der Waals surface area contributed by atoms with Gasteiger partial charge in [0.05, 0.1) is 6.61 Å². The standard InChI is InChI=1S/C23H24O2P.BrH/c1-4-12-21(13-5-1)26(22-14-6-2-7-15-22,23-16-8-3-9-17-23)19-20-11-10-18-24-25-20;/h1-9,12-17,20H,10-11,18-19H2;1H/q+1;/p-1. The second-order valence-electron chi connectivity index (χ2n) is 6.68. The molecule has 4 heteroatoms. The highest BCUT2D eigenvalue weighted by Crippen LogP contribution is 2.56. The van der Waals surface area contributed by atoms with Gasteiger partial charge in [0.15, 0.2) is 0 Å². The largest absolute Gasteiger partial charge is 1.00 e. The molecule has 140 valence electrons. The first-order valence-corrected chi connectivity index (χ1v) is 11.2. The van der Waals surface area contributed by atoms with E-state index in [1.807, 2.05) is 0 Å². The van der Waals surface area contributed by atoms with Gasteiger partial charge in [0.2, 0.25) is 0 Å². The molecule has 3 aromatic rings. The van der Waals surface area contributed by atoms with Crippen LogP contribution in [0.2, 0.25) is 0 Å². The third-order valence-corrected chi connectivity index (χ3v) is 9.52. The predicted molar refractivity (Wildman–Crippen MR) is 110 cm³/mol. The Balaban J connectivity index is 0.00000210. The van der Waals surface area contributed by atoms with Gasteiger partial charge in [0.1, 0.15) is 35.4 Å². The second-order valence-corrected chi connectivity index (χ2v) is 10.2. The normalized spacial score (nSPS) is 17.1. The summed E-state index contributed by atoms with van der Waals surface area (Å²) in [6.07, 6.45) is 3.19. The third-order valence-electron chi connectivity index (χ3n) is 5.03. The van der Waals surface area contributed by atoms with Crippen LogP contribution in [0.1, 0.15) is 12.8 Å². The van der Waals surface area contributed by atoms with Crippen LogP contribution in [0.4, 0.5) is 0 Å². The summed E-state index contributed by atoms with van der Waals surface area (Å²) < 4.78 is 0. The lowest BCUT2D eigenvalue weighted by Gasteiger charge is -2.31. The average molecular weight is 443 g/mol. The Kier molecular flexibility index (Phi) is 7.20. The van der Waals surface area contributed by atoms with E-state index < -0.39 is 7.26 Å². The van der Waals surface area contributed by atoms with Crippen LogP contribution in [0.25, 0.3) is 0 Å². The minimum absolute atomic E-state index is 0. The molecule has 3 aromatic carbocycles. The van der Waals surface area contributed by atoms with Crippen LogP contribution < -0.4 is 32.9 Å². The van der Waals surface area contributed by atoms with Crippen molar-refractivity contribution in [2.45, 2.75) is 18.9 Å². The van der Waals surface area contributed by atoms with E-state index in [2.05, 4.69) is 91.0 Å². The van der Waals surface area contributed by atoms with Gasteiger partial charge in [-0.15, -0.1) is 0 Å². The molecule has 4 rings (SSSR count). The first-order valence-electron chi connectivity index (χ1n) is 9.23. The number of hydrogen-bond donors (Lipinski definition) is 0. The van der Waals surface area contributed by atoms with Gasteiger partial charge >= 0.3 is 0 Å². The summed E-state index contributed by atoms with van der Waals surface area (Å²) in [6.45, 7) is 0.698. The SMILES string of the molecule is [Br-].c1ccc([P+](CC2CCCOO2)(c2ccccc2)c2ccccc2)cc1. The molecule has 27 heavy (non-hydrogen) atoms. The van der Waals surface area contributed by atoms with E-state index >= 15 is 0 Å². The van der Waals surface area contributed by atoms with Gasteiger partial charge in [0, 0.05) is 0 Å². The minimum Gasteiger partial charge on any atom is -1.00 e. The van der Waals surface area contributed by atoms with Crippen molar-refractivity contribution in [2.24, 2.45) is 0 Å². The van der Waals surface area contributed by atoms with Crippen LogP contribution in [0.3, 0.4) is 0 Å². The van der Waals surface area contributed by atoms with Crippen LogP contribution in [-0.4, -0.2) is 18.9 Å². The lowest BCUT2D eigenvalue weighted by atomic mass is 10.2. The zero-order valence-corrected chi connectivity index (χ0v) is 17.7. The second kappa shape index (κ2) is 9.61. The molecule has 1 saturated heterocycles. The molecule has 1 atom stereocenters. The third kappa shape index (κ3) is 4.33. The van der Waals surface area contributed by atoms with E-state index in [1.165, 1.54) is 15.9 Å². The zero-order valence-electron chi connectivity index (χ0n) is 15.2. The summed E-state index contributed by atoms with van der Waals surface area (Å²) in [5, 5.41) is 4.18. The maximum atomic E-state index is 5.73. The molecule has 0 radical (unpaired) electrons. The Morgan fingerprint density at radius 2 is 1.15 bits per heavy atom. The molecule has 2 nitrogen and oxygen atoms in total. The molecule has 1 unspecified atom stereocenters. The summed E-state index contributed by atoms with van der Waals surface area (Å²) in [7, 11) is -1.83. The van der Waals surface area contributed by atoms with Crippen LogP contribution in [-0.2, 0) is 9.78 Å². The van der Waals surface area contributed by atoms with Gasteiger partial charge in [0.25, 0.3) is 0 Å². The van der Waals surface area contributed by atoms with E-state index in [0.717, 1.165) is 19.0 Å². The molecule has 1 heterocycles. The number of benzene rings is 3. The van der Waals surface area contributed by atoms with Crippen LogP contribution in [0.5, 0.6) is 0 Å². The van der Waals surface area contributed by atoms with Crippen molar-refractivity contribution in [3.8, 4) is 0 Å². The van der Waals surface area contributed by atoms with Crippen molar-refractivity contribution in [1.82, 2.24) is 0 Å². The van der Waals surface area contributed by atoms with E-state index in [9.17, 15) is 0 Å². The molecular weight excluding hydrogens is 419 g/mol. The lowest BCUT2D eigenvalue weighted by molar-refractivity contribution is -0.339. The Labute approximate surface area is 172 Å². The van der Waals surface area contributed by atoms with Crippen LogP contribution in [0, 0.1) is 0 Å². The monoisotopic (exact) mass is 442 g/mol. The average Bonchev–Trinajstić information content (AvgIpc) is 2.75. The highest BCUT2D eigenvalue weighted by Gasteiger charge is 2.47. The molecule has 1 fully saturated rings. The fourth-order valence-electron chi connectivity index (χ4n) is 3.80. The van der Waals surface area contributed by atoms with Crippen molar-refractivity contribution in [3.63, 3.8) is 0 Å². The first-order chi connectivity index (χ1) is 12.9. The van der Waals surface area contributed by atoms with Gasteiger partial charge in [-0.05, 0) is 49.2 Å². The maximum absolute atomic E-state index is 5.73. The number of hydrogen-bond acceptors (Lipinski definition) is 2. The Hall–Kier alpha value is -1.51. The van der Waals surface area contributed by atoms with Gasteiger partial charge in [-0.1, -0.05) is 54.6 Å². The van der Waals surface area contributed by atoms with Crippen molar-refractivity contribution >= 4 is 23.2 Å². The topological polar surface area (TPSA) is 18.5 Å². The summed E-state index contributed by atoms with van der Waals surface area (Å²) in [5.41, 5.74) is 0. The fraction of sp³-hybridized carbons (Fsp3) is 0.217. The fourth-order valence-corrected chi connectivity index (χ4v) is 8.22. The quantitative estimate of drug-likeness (QED) is 0.435. The highest BCUT2D eigenvalue weighted by molar-refractivity contribution is 7.95. The highest BCUT2D eigenvalue weighted by atomic mass is 79.9. The minimum atomic E-state index is -1.83. The van der Waals surface area contributed by atoms with E-state index in [1.54, 1.807) is 0 Å².